The van der Waals surface area contributed by atoms with Crippen LogP contribution in [-0.4, -0.2) is 10.9 Å². The molecule has 4 aromatic rings. The summed E-state index contributed by atoms with van der Waals surface area (Å²) in [6.07, 6.45) is 1.62. The van der Waals surface area contributed by atoms with E-state index in [1.165, 1.54) is 0 Å². The van der Waals surface area contributed by atoms with Crippen molar-refractivity contribution in [2.24, 2.45) is 0 Å². The van der Waals surface area contributed by atoms with Gasteiger partial charge >= 0.3 is 0 Å². The zero-order chi connectivity index (χ0) is 21.3. The summed E-state index contributed by atoms with van der Waals surface area (Å²) in [7, 11) is 0. The molecule has 5 nitrogen and oxygen atoms in total. The number of furan rings is 1. The Balaban J connectivity index is 1.50. The number of anilines is 1. The number of nitrogens with zero attached hydrogens (tertiary/aromatic N) is 1. The number of amides is 1. The number of pyridine rings is 1. The molecular weight excluding hydrogens is 444 g/mol. The van der Waals surface area contributed by atoms with Gasteiger partial charge in [0.05, 0.1) is 21.9 Å². The minimum atomic E-state index is -0.371. The zero-order valence-electron chi connectivity index (χ0n) is 16.9. The van der Waals surface area contributed by atoms with E-state index in [1.54, 1.807) is 18.3 Å². The zero-order valence-corrected chi connectivity index (χ0v) is 18.5. The topological polar surface area (TPSA) is 64.4 Å². The molecule has 0 aliphatic heterocycles. The normalized spacial score (nSPS) is 11.5. The molecule has 0 spiro atoms. The van der Waals surface area contributed by atoms with Crippen LogP contribution in [0.4, 0.5) is 5.69 Å². The SMILES string of the molecule is CC(C)(C)c1ccc(Br)c(Oc2ccc(C(=O)Nc3cnc4ccccc4c3)o2)c1. The van der Waals surface area contributed by atoms with Crippen LogP contribution in [0.3, 0.4) is 0 Å². The van der Waals surface area contributed by atoms with E-state index in [-0.39, 0.29) is 23.0 Å². The summed E-state index contributed by atoms with van der Waals surface area (Å²) < 4.78 is 12.3. The van der Waals surface area contributed by atoms with E-state index in [4.69, 9.17) is 9.15 Å². The number of hydrogen-bond acceptors (Lipinski definition) is 4. The van der Waals surface area contributed by atoms with Crippen LogP contribution in [0.5, 0.6) is 11.7 Å². The average molecular weight is 465 g/mol. The molecule has 4 rings (SSSR count). The molecule has 2 heterocycles. The van der Waals surface area contributed by atoms with Gasteiger partial charge in [0, 0.05) is 11.5 Å². The van der Waals surface area contributed by atoms with Crippen molar-refractivity contribution in [2.75, 3.05) is 5.32 Å². The number of hydrogen-bond donors (Lipinski definition) is 1. The molecular formula is C24H21BrN2O3. The van der Waals surface area contributed by atoms with Gasteiger partial charge in [0.15, 0.2) is 5.76 Å². The Hall–Kier alpha value is -3.12. The summed E-state index contributed by atoms with van der Waals surface area (Å²) in [5.74, 6) is 0.650. The predicted octanol–water partition coefficient (Wildman–Crippen LogP) is 6.93. The van der Waals surface area contributed by atoms with Gasteiger partial charge in [-0.1, -0.05) is 45.0 Å². The van der Waals surface area contributed by atoms with E-state index in [9.17, 15) is 4.79 Å². The number of ether oxygens (including phenoxy) is 1. The molecule has 2 aromatic carbocycles. The van der Waals surface area contributed by atoms with Crippen LogP contribution in [0.15, 0.2) is 75.8 Å². The number of carbonyl (C=O) groups excluding carboxylic acids is 1. The lowest BCUT2D eigenvalue weighted by Crippen LogP contribution is -2.11. The fourth-order valence-electron chi connectivity index (χ4n) is 2.99. The number of benzene rings is 2. The van der Waals surface area contributed by atoms with Gasteiger partial charge in [-0.25, -0.2) is 0 Å². The Kier molecular flexibility index (Phi) is 5.35. The lowest BCUT2D eigenvalue weighted by Gasteiger charge is -2.20. The summed E-state index contributed by atoms with van der Waals surface area (Å²) in [5, 5.41) is 3.75. The van der Waals surface area contributed by atoms with Gasteiger partial charge in [0.1, 0.15) is 5.75 Å². The van der Waals surface area contributed by atoms with Gasteiger partial charge in [0.25, 0.3) is 11.9 Å². The van der Waals surface area contributed by atoms with Crippen molar-refractivity contribution >= 4 is 38.4 Å². The van der Waals surface area contributed by atoms with Crippen molar-refractivity contribution < 1.29 is 13.9 Å². The van der Waals surface area contributed by atoms with Crippen LogP contribution in [0.1, 0.15) is 36.9 Å². The second-order valence-corrected chi connectivity index (χ2v) is 8.84. The maximum absolute atomic E-state index is 12.6. The third kappa shape index (κ3) is 4.39. The summed E-state index contributed by atoms with van der Waals surface area (Å²) in [6.45, 7) is 6.41. The van der Waals surface area contributed by atoms with E-state index >= 15 is 0 Å². The first-order valence-corrected chi connectivity index (χ1v) is 10.3. The molecule has 0 atom stereocenters. The molecule has 0 unspecified atom stereocenters. The minimum absolute atomic E-state index is 0.0130. The summed E-state index contributed by atoms with van der Waals surface area (Å²) >= 11 is 3.50. The molecule has 2 aromatic heterocycles. The summed E-state index contributed by atoms with van der Waals surface area (Å²) in [5.41, 5.74) is 2.58. The Morgan fingerprint density at radius 3 is 2.67 bits per heavy atom. The van der Waals surface area contributed by atoms with Crippen LogP contribution >= 0.6 is 15.9 Å². The number of nitrogens with one attached hydrogen (secondary N) is 1. The maximum atomic E-state index is 12.6. The molecule has 1 amide bonds. The number of fused-ring (bicyclic) bond motifs is 1. The van der Waals surface area contributed by atoms with E-state index in [2.05, 4.69) is 53.1 Å². The quantitative estimate of drug-likeness (QED) is 0.355. The number of para-hydroxylation sites is 1. The van der Waals surface area contributed by atoms with Crippen LogP contribution in [0.25, 0.3) is 10.9 Å². The third-order valence-corrected chi connectivity index (χ3v) is 5.32. The number of carbonyl (C=O) groups is 1. The molecule has 0 bridgehead atoms. The van der Waals surface area contributed by atoms with E-state index in [0.29, 0.717) is 11.4 Å². The Morgan fingerprint density at radius 2 is 1.87 bits per heavy atom. The van der Waals surface area contributed by atoms with Gasteiger partial charge in [-0.05, 0) is 57.2 Å². The van der Waals surface area contributed by atoms with Crippen LogP contribution in [-0.2, 0) is 5.41 Å². The van der Waals surface area contributed by atoms with E-state index in [1.807, 2.05) is 42.5 Å². The van der Waals surface area contributed by atoms with Crippen LogP contribution < -0.4 is 10.1 Å². The molecule has 0 aliphatic rings. The first-order chi connectivity index (χ1) is 14.3. The van der Waals surface area contributed by atoms with Gasteiger partial charge in [-0.15, -0.1) is 0 Å². The predicted molar refractivity (Wildman–Crippen MR) is 121 cm³/mol. The molecule has 6 heteroatoms. The van der Waals surface area contributed by atoms with Crippen molar-refractivity contribution in [3.05, 3.63) is 82.7 Å². The van der Waals surface area contributed by atoms with Crippen LogP contribution in [0, 0.1) is 0 Å². The minimum Gasteiger partial charge on any atom is -0.425 e. The van der Waals surface area contributed by atoms with E-state index in [0.717, 1.165) is 20.9 Å². The lowest BCUT2D eigenvalue weighted by molar-refractivity contribution is 0.0991. The van der Waals surface area contributed by atoms with Crippen molar-refractivity contribution in [1.82, 2.24) is 4.98 Å². The molecule has 0 saturated carbocycles. The third-order valence-electron chi connectivity index (χ3n) is 4.66. The number of halogens is 1. The van der Waals surface area contributed by atoms with Gasteiger partial charge in [0.2, 0.25) is 0 Å². The maximum Gasteiger partial charge on any atom is 0.291 e. The summed E-state index contributed by atoms with van der Waals surface area (Å²) in [4.78, 5) is 16.9. The van der Waals surface area contributed by atoms with Crippen molar-refractivity contribution in [3.63, 3.8) is 0 Å². The summed E-state index contributed by atoms with van der Waals surface area (Å²) in [6, 6.07) is 18.8. The second-order valence-electron chi connectivity index (χ2n) is 7.99. The fourth-order valence-corrected chi connectivity index (χ4v) is 3.31. The highest BCUT2D eigenvalue weighted by atomic mass is 79.9. The first-order valence-electron chi connectivity index (χ1n) is 9.53. The van der Waals surface area contributed by atoms with Crippen LogP contribution in [0.2, 0.25) is 0 Å². The molecule has 0 aliphatic carbocycles. The highest BCUT2D eigenvalue weighted by molar-refractivity contribution is 9.10. The van der Waals surface area contributed by atoms with Crippen molar-refractivity contribution in [3.8, 4) is 11.7 Å². The molecule has 0 fully saturated rings. The standard InChI is InChI=1S/C24H21BrN2O3/c1-24(2,3)16-8-9-18(25)21(13-16)30-22-11-10-20(29-22)23(28)27-17-12-15-6-4-5-7-19(15)26-14-17/h4-14H,1-3H3,(H,27,28). The van der Waals surface area contributed by atoms with Gasteiger partial charge in [-0.2, -0.15) is 0 Å². The highest BCUT2D eigenvalue weighted by Crippen LogP contribution is 2.35. The Bertz CT molecular complexity index is 1220. The van der Waals surface area contributed by atoms with Crippen molar-refractivity contribution in [1.29, 1.82) is 0 Å². The number of rotatable bonds is 4. The molecule has 0 radical (unpaired) electrons. The van der Waals surface area contributed by atoms with Gasteiger partial charge in [-0.3, -0.25) is 9.78 Å². The smallest absolute Gasteiger partial charge is 0.291 e. The lowest BCUT2D eigenvalue weighted by atomic mass is 9.87. The molecule has 30 heavy (non-hydrogen) atoms. The fraction of sp³-hybridized carbons (Fsp3) is 0.167. The van der Waals surface area contributed by atoms with E-state index < -0.39 is 0 Å². The molecule has 152 valence electrons. The van der Waals surface area contributed by atoms with Gasteiger partial charge < -0.3 is 14.5 Å². The molecule has 0 saturated heterocycles. The highest BCUT2D eigenvalue weighted by Gasteiger charge is 2.18. The second kappa shape index (κ2) is 7.95. The number of aromatic nitrogens is 1. The average Bonchev–Trinajstić information content (AvgIpc) is 3.17. The Labute approximate surface area is 183 Å². The largest absolute Gasteiger partial charge is 0.425 e. The first kappa shape index (κ1) is 20.2. The molecule has 1 N–H and O–H groups in total. The monoisotopic (exact) mass is 464 g/mol. The van der Waals surface area contributed by atoms with Crippen molar-refractivity contribution in [2.45, 2.75) is 26.2 Å². The Morgan fingerprint density at radius 1 is 1.07 bits per heavy atom.